The molecule has 0 saturated carbocycles. The first-order valence-corrected chi connectivity index (χ1v) is 14.5. The summed E-state index contributed by atoms with van der Waals surface area (Å²) in [6, 6.07) is 18.4. The fourth-order valence-electron chi connectivity index (χ4n) is 6.94. The summed E-state index contributed by atoms with van der Waals surface area (Å²) in [5.74, 6) is -1.17. The lowest BCUT2D eigenvalue weighted by Crippen LogP contribution is -2.36. The zero-order valence-electron chi connectivity index (χ0n) is 24.0. The van der Waals surface area contributed by atoms with Gasteiger partial charge >= 0.3 is 0 Å². The van der Waals surface area contributed by atoms with Gasteiger partial charge in [0.15, 0.2) is 5.78 Å². The van der Waals surface area contributed by atoms with E-state index in [9.17, 15) is 15.2 Å². The number of aliphatic hydroxyl groups excluding tert-OH is 1. The Hall–Kier alpha value is -4.57. The van der Waals surface area contributed by atoms with Gasteiger partial charge in [0.1, 0.15) is 11.6 Å². The van der Waals surface area contributed by atoms with Crippen LogP contribution in [0.3, 0.4) is 0 Å². The van der Waals surface area contributed by atoms with E-state index in [1.54, 1.807) is 40.3 Å². The molecule has 0 amide bonds. The van der Waals surface area contributed by atoms with Crippen molar-refractivity contribution in [3.63, 3.8) is 0 Å². The smallest absolute Gasteiger partial charge is 0.178 e. The van der Waals surface area contributed by atoms with Crippen molar-refractivity contribution in [2.45, 2.75) is 64.1 Å². The largest absolute Gasteiger partial charge is 0.391 e. The number of aromatic nitrogens is 2. The summed E-state index contributed by atoms with van der Waals surface area (Å²) >= 11 is 0. The minimum Gasteiger partial charge on any atom is -0.391 e. The van der Waals surface area contributed by atoms with Crippen molar-refractivity contribution >= 4 is 5.78 Å². The lowest BCUT2D eigenvalue weighted by molar-refractivity contribution is 0.0873. The predicted molar refractivity (Wildman–Crippen MR) is 156 cm³/mol. The molecule has 0 radical (unpaired) electrons. The van der Waals surface area contributed by atoms with E-state index in [2.05, 4.69) is 4.90 Å². The van der Waals surface area contributed by atoms with Gasteiger partial charge in [-0.25, -0.2) is 8.78 Å². The first-order chi connectivity index (χ1) is 20.7. The maximum Gasteiger partial charge on any atom is 0.178 e. The Labute approximate surface area is 248 Å². The summed E-state index contributed by atoms with van der Waals surface area (Å²) in [6.45, 7) is 3.85. The molecule has 0 aliphatic carbocycles. The Kier molecular flexibility index (Phi) is 7.47. The first kappa shape index (κ1) is 28.5. The van der Waals surface area contributed by atoms with Crippen LogP contribution in [0.25, 0.3) is 11.4 Å². The van der Waals surface area contributed by atoms with Gasteiger partial charge in [0, 0.05) is 40.4 Å². The molecule has 2 saturated heterocycles. The number of Topliss-reactive ketones (excluding diaryl/α,β-unsaturated/α-hetero) is 1. The molecule has 2 aromatic carbocycles. The van der Waals surface area contributed by atoms with Gasteiger partial charge in [-0.2, -0.15) is 10.5 Å². The average Bonchev–Trinajstić information content (AvgIpc) is 3.73. The number of nitrogens with zero attached hydrogens (tertiary/aromatic N) is 5. The predicted octanol–water partition coefficient (Wildman–Crippen LogP) is 5.47. The Morgan fingerprint density at radius 1 is 0.884 bits per heavy atom. The standard InChI is InChI=1S/C34H31F2N5O2/c1-20-3-6-24(40(20)30-10-4-22(17-37)13-28(30)35)7-8-26-15-27(34(43)19-39-25-9-12-32(39)33(42)16-25)21(2)41(26)31-11-5-23(18-38)14-29(31)36/h3-6,10-11,13-15,25,32-33,42H,7-9,12,16,19H2,1-2H3/t25?,32?,33-/m0/s1. The molecule has 2 aliphatic heterocycles. The molecule has 2 fully saturated rings. The SMILES string of the molecule is Cc1ccc(CCc2cc(C(=O)CN3C4CCC3[C@@H](O)C4)c(C)n2-c2ccc(C#N)cc2F)n1-c1ccc(C#N)cc1F. The van der Waals surface area contributed by atoms with Crippen LogP contribution in [0.5, 0.6) is 0 Å². The molecule has 43 heavy (non-hydrogen) atoms. The van der Waals surface area contributed by atoms with Gasteiger partial charge in [0.05, 0.1) is 47.3 Å². The second-order valence-corrected chi connectivity index (χ2v) is 11.5. The second kappa shape index (κ2) is 11.3. The normalized spacial score (nSPS) is 19.5. The van der Waals surface area contributed by atoms with Crippen LogP contribution in [-0.4, -0.2) is 49.7 Å². The molecule has 2 aromatic heterocycles. The second-order valence-electron chi connectivity index (χ2n) is 11.5. The lowest BCUT2D eigenvalue weighted by Gasteiger charge is -2.21. The average molecular weight is 580 g/mol. The molecule has 9 heteroatoms. The highest BCUT2D eigenvalue weighted by Crippen LogP contribution is 2.38. The zero-order valence-corrected chi connectivity index (χ0v) is 24.0. The van der Waals surface area contributed by atoms with E-state index in [0.717, 1.165) is 24.2 Å². The van der Waals surface area contributed by atoms with E-state index in [0.29, 0.717) is 41.9 Å². The minimum absolute atomic E-state index is 0.00886. The van der Waals surface area contributed by atoms with E-state index in [1.807, 2.05) is 37.3 Å². The molecule has 4 heterocycles. The van der Waals surface area contributed by atoms with E-state index in [1.165, 1.54) is 12.1 Å². The van der Waals surface area contributed by atoms with E-state index >= 15 is 8.78 Å². The Morgan fingerprint density at radius 2 is 1.51 bits per heavy atom. The summed E-state index contributed by atoms with van der Waals surface area (Å²) in [5.41, 5.74) is 4.45. The summed E-state index contributed by atoms with van der Waals surface area (Å²) in [7, 11) is 0. The summed E-state index contributed by atoms with van der Waals surface area (Å²) in [5, 5.41) is 28.8. The van der Waals surface area contributed by atoms with Crippen molar-refractivity contribution in [3.8, 4) is 23.5 Å². The van der Waals surface area contributed by atoms with Crippen LogP contribution in [0.4, 0.5) is 8.78 Å². The van der Waals surface area contributed by atoms with Crippen LogP contribution < -0.4 is 0 Å². The number of nitriles is 2. The summed E-state index contributed by atoms with van der Waals surface area (Å²) in [4.78, 5) is 15.8. The van der Waals surface area contributed by atoms with Gasteiger partial charge in [-0.05, 0) is 101 Å². The van der Waals surface area contributed by atoms with Gasteiger partial charge in [0.25, 0.3) is 0 Å². The van der Waals surface area contributed by atoms with Crippen molar-refractivity contribution in [1.82, 2.24) is 14.0 Å². The molecule has 7 nitrogen and oxygen atoms in total. The van der Waals surface area contributed by atoms with Gasteiger partial charge in [-0.1, -0.05) is 0 Å². The number of aryl methyl sites for hydroxylation is 3. The number of ketones is 1. The molecule has 2 aliphatic rings. The minimum atomic E-state index is -0.572. The molecule has 2 bridgehead atoms. The van der Waals surface area contributed by atoms with Gasteiger partial charge in [-0.3, -0.25) is 9.69 Å². The monoisotopic (exact) mass is 579 g/mol. The lowest BCUT2D eigenvalue weighted by atomic mass is 9.98. The molecule has 6 rings (SSSR count). The van der Waals surface area contributed by atoms with Crippen LogP contribution in [0.15, 0.2) is 54.6 Å². The maximum absolute atomic E-state index is 15.4. The number of hydrogen-bond donors (Lipinski definition) is 1. The Morgan fingerprint density at radius 3 is 2.07 bits per heavy atom. The third-order valence-corrected chi connectivity index (χ3v) is 9.03. The van der Waals surface area contributed by atoms with Crippen molar-refractivity contribution < 1.29 is 18.7 Å². The van der Waals surface area contributed by atoms with Crippen LogP contribution in [-0.2, 0) is 12.8 Å². The Bertz CT molecular complexity index is 1830. The van der Waals surface area contributed by atoms with Crippen molar-refractivity contribution in [3.05, 3.63) is 106 Å². The molecule has 2 unspecified atom stereocenters. The molecule has 0 spiro atoms. The highest BCUT2D eigenvalue weighted by molar-refractivity contribution is 5.99. The van der Waals surface area contributed by atoms with Gasteiger partial charge < -0.3 is 14.2 Å². The molecule has 1 N–H and O–H groups in total. The van der Waals surface area contributed by atoms with Crippen LogP contribution in [0.2, 0.25) is 0 Å². The molecule has 3 atom stereocenters. The fourth-order valence-corrected chi connectivity index (χ4v) is 6.94. The number of rotatable bonds is 8. The topological polar surface area (TPSA) is 98.0 Å². The number of carbonyl (C=O) groups is 1. The Balaban J connectivity index is 1.35. The maximum atomic E-state index is 15.4. The van der Waals surface area contributed by atoms with E-state index < -0.39 is 17.7 Å². The summed E-state index contributed by atoms with van der Waals surface area (Å²) < 4.78 is 33.9. The molecule has 218 valence electrons. The number of carbonyl (C=O) groups excluding carboxylic acids is 1. The number of benzene rings is 2. The molecular formula is C34H31F2N5O2. The number of halogens is 2. The van der Waals surface area contributed by atoms with Crippen molar-refractivity contribution in [1.29, 1.82) is 10.5 Å². The highest BCUT2D eigenvalue weighted by Gasteiger charge is 2.46. The van der Waals surface area contributed by atoms with E-state index in [-0.39, 0.29) is 41.2 Å². The first-order valence-electron chi connectivity index (χ1n) is 14.5. The highest BCUT2D eigenvalue weighted by atomic mass is 19.1. The van der Waals surface area contributed by atoms with Crippen molar-refractivity contribution in [2.75, 3.05) is 6.54 Å². The van der Waals surface area contributed by atoms with Crippen LogP contribution in [0.1, 0.15) is 63.5 Å². The molecular weight excluding hydrogens is 548 g/mol. The van der Waals surface area contributed by atoms with Gasteiger partial charge in [-0.15, -0.1) is 0 Å². The third kappa shape index (κ3) is 5.05. The van der Waals surface area contributed by atoms with E-state index in [4.69, 9.17) is 5.26 Å². The quantitative estimate of drug-likeness (QED) is 0.279. The fraction of sp³-hybridized carbons (Fsp3) is 0.324. The zero-order chi connectivity index (χ0) is 30.4. The van der Waals surface area contributed by atoms with Gasteiger partial charge in [0.2, 0.25) is 0 Å². The van der Waals surface area contributed by atoms with Crippen molar-refractivity contribution in [2.24, 2.45) is 0 Å². The van der Waals surface area contributed by atoms with Crippen LogP contribution in [0, 0.1) is 48.1 Å². The molecule has 4 aromatic rings. The number of hydrogen-bond acceptors (Lipinski definition) is 5. The number of aliphatic hydroxyl groups is 1. The number of fused-ring (bicyclic) bond motifs is 2. The third-order valence-electron chi connectivity index (χ3n) is 9.03. The van der Waals surface area contributed by atoms with Crippen LogP contribution >= 0.6 is 0 Å². The summed E-state index contributed by atoms with van der Waals surface area (Å²) in [6.07, 6.45) is 2.99.